The minimum atomic E-state index is -0.345. The molecular weight excluding hydrogens is 412 g/mol. The van der Waals surface area contributed by atoms with Crippen LogP contribution in [0.2, 0.25) is 5.02 Å². The largest absolute Gasteiger partial charge is 0.494 e. The Morgan fingerprint density at radius 3 is 2.48 bits per heavy atom. The molecule has 3 aromatic rings. The second-order valence-corrected chi connectivity index (χ2v) is 7.32. The zero-order valence-electron chi connectivity index (χ0n) is 17.4. The zero-order valence-corrected chi connectivity index (χ0v) is 18.1. The van der Waals surface area contributed by atoms with Crippen LogP contribution < -0.4 is 14.9 Å². The third kappa shape index (κ3) is 7.15. The van der Waals surface area contributed by atoms with Gasteiger partial charge in [0.1, 0.15) is 18.1 Å². The Hall–Kier alpha value is -3.31. The number of para-hydroxylation sites is 1. The maximum atomic E-state index is 12.6. The van der Waals surface area contributed by atoms with Crippen molar-refractivity contribution in [3.63, 3.8) is 0 Å². The first kappa shape index (κ1) is 22.4. The lowest BCUT2D eigenvalue weighted by Gasteiger charge is -2.10. The van der Waals surface area contributed by atoms with Crippen LogP contribution in [0.4, 0.5) is 0 Å². The van der Waals surface area contributed by atoms with Crippen LogP contribution in [0.1, 0.15) is 41.3 Å². The average Bonchev–Trinajstić information content (AvgIpc) is 2.80. The fourth-order valence-electron chi connectivity index (χ4n) is 2.73. The molecule has 31 heavy (non-hydrogen) atoms. The van der Waals surface area contributed by atoms with Gasteiger partial charge in [-0.3, -0.25) is 4.79 Å². The van der Waals surface area contributed by atoms with E-state index < -0.39 is 0 Å². The Morgan fingerprint density at radius 1 is 1.00 bits per heavy atom. The van der Waals surface area contributed by atoms with E-state index in [0.717, 1.165) is 29.7 Å². The highest BCUT2D eigenvalue weighted by Crippen LogP contribution is 2.20. The Labute approximate surface area is 187 Å². The first-order valence-electron chi connectivity index (χ1n) is 10.2. The van der Waals surface area contributed by atoms with Crippen molar-refractivity contribution in [2.45, 2.75) is 26.4 Å². The van der Waals surface area contributed by atoms with Crippen molar-refractivity contribution in [2.75, 3.05) is 6.61 Å². The molecule has 6 heteroatoms. The van der Waals surface area contributed by atoms with Crippen LogP contribution in [-0.2, 0) is 6.61 Å². The molecule has 0 spiro atoms. The number of unbranched alkanes of at least 4 members (excludes halogenated alkanes) is 1. The molecule has 3 aromatic carbocycles. The van der Waals surface area contributed by atoms with Gasteiger partial charge < -0.3 is 9.47 Å². The topological polar surface area (TPSA) is 59.9 Å². The Kier molecular flexibility index (Phi) is 8.49. The number of amides is 1. The molecule has 160 valence electrons. The molecule has 0 unspecified atom stereocenters. The molecule has 1 N–H and O–H groups in total. The van der Waals surface area contributed by atoms with E-state index in [1.54, 1.807) is 36.5 Å². The van der Waals surface area contributed by atoms with Crippen molar-refractivity contribution in [3.8, 4) is 11.5 Å². The number of carbonyl (C=O) groups excluding carboxylic acids is 1. The van der Waals surface area contributed by atoms with Gasteiger partial charge in [0.05, 0.1) is 18.4 Å². The third-order valence-electron chi connectivity index (χ3n) is 4.47. The van der Waals surface area contributed by atoms with Gasteiger partial charge in [-0.15, -0.1) is 0 Å². The van der Waals surface area contributed by atoms with Crippen LogP contribution in [0.3, 0.4) is 0 Å². The molecule has 5 nitrogen and oxygen atoms in total. The van der Waals surface area contributed by atoms with Crippen LogP contribution in [-0.4, -0.2) is 18.7 Å². The normalized spacial score (nSPS) is 10.8. The summed E-state index contributed by atoms with van der Waals surface area (Å²) < 4.78 is 11.5. The van der Waals surface area contributed by atoms with Crippen LogP contribution in [0.5, 0.6) is 11.5 Å². The fourth-order valence-corrected chi connectivity index (χ4v) is 2.86. The molecule has 0 atom stereocenters. The van der Waals surface area contributed by atoms with Crippen LogP contribution >= 0.6 is 11.6 Å². The van der Waals surface area contributed by atoms with Crippen molar-refractivity contribution < 1.29 is 14.3 Å². The maximum Gasteiger partial charge on any atom is 0.275 e. The predicted molar refractivity (Wildman–Crippen MR) is 124 cm³/mol. The summed E-state index contributed by atoms with van der Waals surface area (Å²) >= 11 is 5.91. The molecule has 0 fully saturated rings. The van der Waals surface area contributed by atoms with Crippen molar-refractivity contribution in [1.29, 1.82) is 0 Å². The van der Waals surface area contributed by atoms with E-state index in [9.17, 15) is 4.79 Å². The monoisotopic (exact) mass is 436 g/mol. The number of ether oxygens (including phenoxy) is 2. The quantitative estimate of drug-likeness (QED) is 0.246. The molecule has 0 bridgehead atoms. The second kappa shape index (κ2) is 11.8. The summed E-state index contributed by atoms with van der Waals surface area (Å²) in [7, 11) is 0. The van der Waals surface area contributed by atoms with Gasteiger partial charge in [0, 0.05) is 5.02 Å². The van der Waals surface area contributed by atoms with E-state index in [1.165, 1.54) is 0 Å². The lowest BCUT2D eigenvalue weighted by atomic mass is 10.2. The summed E-state index contributed by atoms with van der Waals surface area (Å²) in [6.07, 6.45) is 3.71. The first-order chi connectivity index (χ1) is 15.2. The molecule has 0 saturated carbocycles. The van der Waals surface area contributed by atoms with E-state index >= 15 is 0 Å². The van der Waals surface area contributed by atoms with Gasteiger partial charge in [-0.25, -0.2) is 5.43 Å². The number of rotatable bonds is 10. The van der Waals surface area contributed by atoms with E-state index in [0.29, 0.717) is 29.5 Å². The number of carbonyl (C=O) groups is 1. The molecule has 0 aromatic heterocycles. The van der Waals surface area contributed by atoms with E-state index in [2.05, 4.69) is 17.5 Å². The highest BCUT2D eigenvalue weighted by atomic mass is 35.5. The molecule has 0 aliphatic rings. The molecule has 3 rings (SSSR count). The molecule has 0 aliphatic heterocycles. The van der Waals surface area contributed by atoms with E-state index in [-0.39, 0.29) is 5.91 Å². The van der Waals surface area contributed by atoms with Crippen molar-refractivity contribution in [2.24, 2.45) is 5.10 Å². The summed E-state index contributed by atoms with van der Waals surface area (Å²) in [6.45, 7) is 3.16. The van der Waals surface area contributed by atoms with Gasteiger partial charge in [0.25, 0.3) is 5.91 Å². The minimum Gasteiger partial charge on any atom is -0.494 e. The van der Waals surface area contributed by atoms with Gasteiger partial charge in [-0.2, -0.15) is 5.10 Å². The van der Waals surface area contributed by atoms with Gasteiger partial charge in [-0.05, 0) is 66.1 Å². The lowest BCUT2D eigenvalue weighted by Crippen LogP contribution is -2.18. The number of hydrazone groups is 1. The summed E-state index contributed by atoms with van der Waals surface area (Å²) in [5.74, 6) is 0.961. The summed E-state index contributed by atoms with van der Waals surface area (Å²) in [5.41, 5.74) is 4.78. The number of nitrogens with one attached hydrogen (secondary N) is 1. The third-order valence-corrected chi connectivity index (χ3v) is 4.72. The number of nitrogens with zero attached hydrogens (tertiary/aromatic N) is 1. The van der Waals surface area contributed by atoms with Crippen molar-refractivity contribution in [3.05, 3.63) is 94.5 Å². The SMILES string of the molecule is CCCCOc1ccc(/C=N\NC(=O)c2ccccc2OCc2ccc(Cl)cc2)cc1. The van der Waals surface area contributed by atoms with Crippen molar-refractivity contribution in [1.82, 2.24) is 5.43 Å². The van der Waals surface area contributed by atoms with Gasteiger partial charge in [0.2, 0.25) is 0 Å². The summed E-state index contributed by atoms with van der Waals surface area (Å²) in [4.78, 5) is 12.6. The lowest BCUT2D eigenvalue weighted by molar-refractivity contribution is 0.0950. The van der Waals surface area contributed by atoms with Crippen LogP contribution in [0.15, 0.2) is 77.9 Å². The number of hydrogen-bond acceptors (Lipinski definition) is 4. The number of benzene rings is 3. The molecule has 0 heterocycles. The highest BCUT2D eigenvalue weighted by Gasteiger charge is 2.11. The van der Waals surface area contributed by atoms with Gasteiger partial charge >= 0.3 is 0 Å². The van der Waals surface area contributed by atoms with Crippen LogP contribution in [0.25, 0.3) is 0 Å². The molecule has 0 aliphatic carbocycles. The predicted octanol–water partition coefficient (Wildman–Crippen LogP) is 5.86. The van der Waals surface area contributed by atoms with Crippen molar-refractivity contribution >= 4 is 23.7 Å². The van der Waals surface area contributed by atoms with E-state index in [4.69, 9.17) is 21.1 Å². The smallest absolute Gasteiger partial charge is 0.275 e. The van der Waals surface area contributed by atoms with Gasteiger partial charge in [0.15, 0.2) is 0 Å². The first-order valence-corrected chi connectivity index (χ1v) is 10.6. The Balaban J connectivity index is 1.56. The van der Waals surface area contributed by atoms with Gasteiger partial charge in [-0.1, -0.05) is 49.2 Å². The molecule has 0 saturated heterocycles. The average molecular weight is 437 g/mol. The zero-order chi connectivity index (χ0) is 21.9. The maximum absolute atomic E-state index is 12.6. The standard InChI is InChI=1S/C25H25ClN2O3/c1-2-3-16-30-22-14-10-19(11-15-22)17-27-28-25(29)23-6-4-5-7-24(23)31-18-20-8-12-21(26)13-9-20/h4-15,17H,2-3,16,18H2,1H3,(H,28,29)/b27-17-. The minimum absolute atomic E-state index is 0.331. The number of halogens is 1. The summed E-state index contributed by atoms with van der Waals surface area (Å²) in [5, 5.41) is 4.72. The highest BCUT2D eigenvalue weighted by molar-refractivity contribution is 6.30. The second-order valence-electron chi connectivity index (χ2n) is 6.88. The fraction of sp³-hybridized carbons (Fsp3) is 0.200. The molecule has 0 radical (unpaired) electrons. The summed E-state index contributed by atoms with van der Waals surface area (Å²) in [6, 6.07) is 22.0. The number of hydrogen-bond donors (Lipinski definition) is 1. The molecule has 1 amide bonds. The Morgan fingerprint density at radius 2 is 1.74 bits per heavy atom. The van der Waals surface area contributed by atoms with Crippen LogP contribution in [0, 0.1) is 0 Å². The Bertz CT molecular complexity index is 1000. The molecular formula is C25H25ClN2O3. The van der Waals surface area contributed by atoms with E-state index in [1.807, 2.05) is 42.5 Å².